The highest BCUT2D eigenvalue weighted by molar-refractivity contribution is 5.83. The van der Waals surface area contributed by atoms with Crippen LogP contribution in [-0.4, -0.2) is 54.4 Å². The van der Waals surface area contributed by atoms with Gasteiger partial charge >= 0.3 is 0 Å². The SMILES string of the molecule is CN1C(=O)[C@H]2CC[C@@H]1CN(C(=O)CCOc1ccccc1)C2. The van der Waals surface area contributed by atoms with Crippen LogP contribution < -0.4 is 4.74 Å². The van der Waals surface area contributed by atoms with Crippen LogP contribution >= 0.6 is 0 Å². The molecule has 3 aliphatic rings. The van der Waals surface area contributed by atoms with Crippen LogP contribution in [0.2, 0.25) is 0 Å². The Bertz CT molecular complexity index is 546. The molecule has 0 saturated carbocycles. The molecule has 0 spiro atoms. The summed E-state index contributed by atoms with van der Waals surface area (Å²) < 4.78 is 5.59. The molecule has 0 aromatic heterocycles. The van der Waals surface area contributed by atoms with E-state index in [1.54, 1.807) is 0 Å². The first kappa shape index (κ1) is 14.9. The first-order chi connectivity index (χ1) is 10.6. The van der Waals surface area contributed by atoms with Crippen LogP contribution in [0.3, 0.4) is 0 Å². The predicted octanol–water partition coefficient (Wildman–Crippen LogP) is 1.53. The molecule has 3 aliphatic heterocycles. The molecule has 22 heavy (non-hydrogen) atoms. The van der Waals surface area contributed by atoms with Gasteiger partial charge in [-0.3, -0.25) is 9.59 Å². The summed E-state index contributed by atoms with van der Waals surface area (Å²) in [5.41, 5.74) is 0. The molecule has 3 heterocycles. The lowest BCUT2D eigenvalue weighted by atomic mass is 9.95. The van der Waals surface area contributed by atoms with Gasteiger partial charge in [-0.1, -0.05) is 18.2 Å². The molecule has 4 rings (SSSR count). The van der Waals surface area contributed by atoms with Crippen LogP contribution in [0.25, 0.3) is 0 Å². The minimum Gasteiger partial charge on any atom is -0.493 e. The van der Waals surface area contributed by atoms with E-state index in [0.29, 0.717) is 26.1 Å². The van der Waals surface area contributed by atoms with Gasteiger partial charge < -0.3 is 14.5 Å². The number of benzene rings is 1. The zero-order chi connectivity index (χ0) is 15.5. The highest BCUT2D eigenvalue weighted by atomic mass is 16.5. The molecule has 5 heteroatoms. The Kier molecular flexibility index (Phi) is 4.32. The maximum absolute atomic E-state index is 12.4. The van der Waals surface area contributed by atoms with Gasteiger partial charge in [0.05, 0.1) is 18.9 Å². The molecule has 0 radical (unpaired) electrons. The number of carbonyl (C=O) groups is 2. The molecule has 2 bridgehead atoms. The fraction of sp³-hybridized carbons (Fsp3) is 0.529. The Morgan fingerprint density at radius 2 is 2.00 bits per heavy atom. The third-order valence-electron chi connectivity index (χ3n) is 4.65. The molecule has 0 unspecified atom stereocenters. The van der Waals surface area contributed by atoms with Gasteiger partial charge in [0.15, 0.2) is 0 Å². The summed E-state index contributed by atoms with van der Waals surface area (Å²) in [6.45, 7) is 1.59. The lowest BCUT2D eigenvalue weighted by molar-refractivity contribution is -0.138. The van der Waals surface area contributed by atoms with Gasteiger partial charge in [-0.05, 0) is 25.0 Å². The van der Waals surface area contributed by atoms with Crippen molar-refractivity contribution in [3.63, 3.8) is 0 Å². The van der Waals surface area contributed by atoms with Crippen molar-refractivity contribution < 1.29 is 14.3 Å². The van der Waals surface area contributed by atoms with Crippen molar-refractivity contribution in [2.75, 3.05) is 26.7 Å². The fourth-order valence-electron chi connectivity index (χ4n) is 3.29. The van der Waals surface area contributed by atoms with Crippen LogP contribution in [0.4, 0.5) is 0 Å². The van der Waals surface area contributed by atoms with E-state index in [1.807, 2.05) is 47.2 Å². The summed E-state index contributed by atoms with van der Waals surface area (Å²) in [7, 11) is 1.85. The zero-order valence-corrected chi connectivity index (χ0v) is 12.9. The van der Waals surface area contributed by atoms with Crippen LogP contribution in [0.5, 0.6) is 5.75 Å². The molecule has 0 N–H and O–H groups in total. The van der Waals surface area contributed by atoms with Crippen molar-refractivity contribution in [1.29, 1.82) is 0 Å². The fourth-order valence-corrected chi connectivity index (χ4v) is 3.29. The number of hydrogen-bond acceptors (Lipinski definition) is 3. The number of fused-ring (bicyclic) bond motifs is 4. The Morgan fingerprint density at radius 3 is 2.77 bits per heavy atom. The second-order valence-electron chi connectivity index (χ2n) is 6.09. The zero-order valence-electron chi connectivity index (χ0n) is 12.9. The number of nitrogens with zero attached hydrogens (tertiary/aromatic N) is 2. The average molecular weight is 302 g/mol. The average Bonchev–Trinajstić information content (AvgIpc) is 2.82. The Hall–Kier alpha value is -2.04. The van der Waals surface area contributed by atoms with Crippen molar-refractivity contribution in [3.05, 3.63) is 30.3 Å². The summed E-state index contributed by atoms with van der Waals surface area (Å²) in [6, 6.07) is 9.67. The minimum absolute atomic E-state index is 0.0252. The standard InChI is InChI=1S/C17H22N2O3/c1-18-14-8-7-13(17(18)21)11-19(12-14)16(20)9-10-22-15-5-3-2-4-6-15/h2-6,13-14H,7-12H2,1H3/t13-,14+/m0/s1. The monoisotopic (exact) mass is 302 g/mol. The second kappa shape index (κ2) is 6.38. The number of para-hydroxylation sites is 1. The van der Waals surface area contributed by atoms with Gasteiger partial charge in [-0.25, -0.2) is 0 Å². The van der Waals surface area contributed by atoms with Gasteiger partial charge in [0, 0.05) is 26.2 Å². The lowest BCUT2D eigenvalue weighted by Crippen LogP contribution is -2.45. The molecule has 1 aromatic rings. The van der Waals surface area contributed by atoms with E-state index in [9.17, 15) is 9.59 Å². The summed E-state index contributed by atoms with van der Waals surface area (Å²) in [5.74, 6) is 1.02. The second-order valence-corrected chi connectivity index (χ2v) is 6.09. The van der Waals surface area contributed by atoms with Gasteiger partial charge in [-0.2, -0.15) is 0 Å². The largest absolute Gasteiger partial charge is 0.493 e. The quantitative estimate of drug-likeness (QED) is 0.847. The highest BCUT2D eigenvalue weighted by Gasteiger charge is 2.39. The number of rotatable bonds is 4. The van der Waals surface area contributed by atoms with Gasteiger partial charge in [0.25, 0.3) is 0 Å². The minimum atomic E-state index is -0.0252. The molecule has 3 saturated heterocycles. The lowest BCUT2D eigenvalue weighted by Gasteiger charge is -2.32. The van der Waals surface area contributed by atoms with Crippen molar-refractivity contribution in [2.45, 2.75) is 25.3 Å². The molecule has 2 atom stereocenters. The van der Waals surface area contributed by atoms with E-state index in [1.165, 1.54) is 0 Å². The van der Waals surface area contributed by atoms with E-state index >= 15 is 0 Å². The maximum Gasteiger partial charge on any atom is 0.227 e. The van der Waals surface area contributed by atoms with Crippen molar-refractivity contribution in [2.24, 2.45) is 5.92 Å². The normalized spacial score (nSPS) is 24.3. The Morgan fingerprint density at radius 1 is 1.23 bits per heavy atom. The van der Waals surface area contributed by atoms with Crippen molar-refractivity contribution >= 4 is 11.8 Å². The Labute approximate surface area is 130 Å². The number of carbonyl (C=O) groups excluding carboxylic acids is 2. The first-order valence-corrected chi connectivity index (χ1v) is 7.87. The molecule has 3 fully saturated rings. The van der Waals surface area contributed by atoms with Crippen molar-refractivity contribution in [1.82, 2.24) is 9.80 Å². The highest BCUT2D eigenvalue weighted by Crippen LogP contribution is 2.28. The van der Waals surface area contributed by atoms with E-state index in [2.05, 4.69) is 0 Å². The summed E-state index contributed by atoms with van der Waals surface area (Å²) in [6.07, 6.45) is 2.25. The number of amides is 2. The first-order valence-electron chi connectivity index (χ1n) is 7.87. The third kappa shape index (κ3) is 3.08. The number of likely N-dealkylation sites (N-methyl/N-ethyl adjacent to an activating group) is 1. The van der Waals surface area contributed by atoms with Gasteiger partial charge in [0.2, 0.25) is 11.8 Å². The van der Waals surface area contributed by atoms with Gasteiger partial charge in [0.1, 0.15) is 5.75 Å². The molecule has 5 nitrogen and oxygen atoms in total. The molecule has 118 valence electrons. The summed E-state index contributed by atoms with van der Waals surface area (Å²) in [4.78, 5) is 28.2. The molecular weight excluding hydrogens is 280 g/mol. The van der Waals surface area contributed by atoms with Crippen LogP contribution in [0.1, 0.15) is 19.3 Å². The van der Waals surface area contributed by atoms with Crippen LogP contribution in [0, 0.1) is 5.92 Å². The topological polar surface area (TPSA) is 49.9 Å². The Balaban J connectivity index is 1.53. The number of piperidine rings is 1. The summed E-state index contributed by atoms with van der Waals surface area (Å²) in [5, 5.41) is 0. The number of hydrogen-bond donors (Lipinski definition) is 0. The van der Waals surface area contributed by atoms with Crippen LogP contribution in [0.15, 0.2) is 30.3 Å². The maximum atomic E-state index is 12.4. The van der Waals surface area contributed by atoms with Crippen molar-refractivity contribution in [3.8, 4) is 5.75 Å². The van der Waals surface area contributed by atoms with Crippen LogP contribution in [-0.2, 0) is 9.59 Å². The van der Waals surface area contributed by atoms with E-state index in [-0.39, 0.29) is 23.8 Å². The number of ether oxygens (including phenoxy) is 1. The summed E-state index contributed by atoms with van der Waals surface area (Å²) >= 11 is 0. The van der Waals surface area contributed by atoms with E-state index < -0.39 is 0 Å². The molecular formula is C17H22N2O3. The van der Waals surface area contributed by atoms with E-state index in [4.69, 9.17) is 4.74 Å². The molecule has 0 aliphatic carbocycles. The molecule has 1 aromatic carbocycles. The molecule has 2 amide bonds. The van der Waals surface area contributed by atoms with E-state index in [0.717, 1.165) is 18.6 Å². The smallest absolute Gasteiger partial charge is 0.227 e. The van der Waals surface area contributed by atoms with Gasteiger partial charge in [-0.15, -0.1) is 0 Å². The predicted molar refractivity (Wildman–Crippen MR) is 82.4 cm³/mol. The third-order valence-corrected chi connectivity index (χ3v) is 4.65.